The molecule has 1 aliphatic heterocycles. The third kappa shape index (κ3) is 3.48. The lowest BCUT2D eigenvalue weighted by Crippen LogP contribution is -2.39. The van der Waals surface area contributed by atoms with Gasteiger partial charge < -0.3 is 10.6 Å². The van der Waals surface area contributed by atoms with Gasteiger partial charge in [0.1, 0.15) is 4.99 Å². The Labute approximate surface area is 129 Å². The molecule has 2 rings (SSSR count). The molecule has 19 heavy (non-hydrogen) atoms. The largest absolute Gasteiger partial charge is 0.389 e. The van der Waals surface area contributed by atoms with Crippen molar-refractivity contribution >= 4 is 38.8 Å². The van der Waals surface area contributed by atoms with E-state index in [2.05, 4.69) is 33.8 Å². The van der Waals surface area contributed by atoms with Gasteiger partial charge in [0.25, 0.3) is 0 Å². The Morgan fingerprint density at radius 3 is 2.89 bits per heavy atom. The average Bonchev–Trinajstić information content (AvgIpc) is 2.40. The SMILES string of the molecule is CCCC1CCCCN1c1ccc(C(N)=S)cc1Br. The fourth-order valence-corrected chi connectivity index (χ4v) is 3.58. The molecule has 1 unspecified atom stereocenters. The maximum absolute atomic E-state index is 5.68. The lowest BCUT2D eigenvalue weighted by molar-refractivity contribution is 0.434. The van der Waals surface area contributed by atoms with E-state index in [1.807, 2.05) is 12.1 Å². The quantitative estimate of drug-likeness (QED) is 0.831. The number of nitrogens with two attached hydrogens (primary N) is 1. The average molecular weight is 341 g/mol. The predicted octanol–water partition coefficient (Wildman–Crippen LogP) is 4.24. The molecule has 1 atom stereocenters. The van der Waals surface area contributed by atoms with Gasteiger partial charge >= 0.3 is 0 Å². The minimum Gasteiger partial charge on any atom is -0.389 e. The highest BCUT2D eigenvalue weighted by Gasteiger charge is 2.23. The van der Waals surface area contributed by atoms with Crippen LogP contribution in [0.4, 0.5) is 5.69 Å². The third-order valence-corrected chi connectivity index (χ3v) is 4.66. The number of rotatable bonds is 4. The first-order valence-electron chi connectivity index (χ1n) is 6.99. The van der Waals surface area contributed by atoms with Gasteiger partial charge in [0.05, 0.1) is 5.69 Å². The summed E-state index contributed by atoms with van der Waals surface area (Å²) in [5, 5.41) is 0. The molecule has 104 valence electrons. The van der Waals surface area contributed by atoms with Crippen molar-refractivity contribution in [2.45, 2.75) is 45.1 Å². The van der Waals surface area contributed by atoms with Gasteiger partial charge in [-0.3, -0.25) is 0 Å². The lowest BCUT2D eigenvalue weighted by atomic mass is 9.97. The molecule has 0 radical (unpaired) electrons. The Kier molecular flexibility index (Phi) is 5.22. The van der Waals surface area contributed by atoms with Crippen molar-refractivity contribution in [1.29, 1.82) is 0 Å². The van der Waals surface area contributed by atoms with Crippen LogP contribution in [-0.4, -0.2) is 17.6 Å². The van der Waals surface area contributed by atoms with Crippen LogP contribution in [0.5, 0.6) is 0 Å². The maximum Gasteiger partial charge on any atom is 0.104 e. The molecule has 4 heteroatoms. The molecule has 1 aromatic rings. The number of halogens is 1. The first kappa shape index (κ1) is 14.8. The number of hydrogen-bond acceptors (Lipinski definition) is 2. The summed E-state index contributed by atoms with van der Waals surface area (Å²) in [4.78, 5) is 3.00. The molecule has 0 spiro atoms. The van der Waals surface area contributed by atoms with E-state index in [4.69, 9.17) is 18.0 Å². The summed E-state index contributed by atoms with van der Waals surface area (Å²) in [7, 11) is 0. The Morgan fingerprint density at radius 2 is 2.26 bits per heavy atom. The molecule has 0 saturated carbocycles. The van der Waals surface area contributed by atoms with E-state index in [-0.39, 0.29) is 0 Å². The molecule has 0 aromatic heterocycles. The van der Waals surface area contributed by atoms with Crippen LogP contribution in [0.25, 0.3) is 0 Å². The molecule has 0 bridgehead atoms. The van der Waals surface area contributed by atoms with E-state index in [0.29, 0.717) is 11.0 Å². The van der Waals surface area contributed by atoms with Gasteiger partial charge in [0.15, 0.2) is 0 Å². The second-order valence-corrected chi connectivity index (χ2v) is 6.46. The van der Waals surface area contributed by atoms with Crippen molar-refractivity contribution in [2.75, 3.05) is 11.4 Å². The summed E-state index contributed by atoms with van der Waals surface area (Å²) < 4.78 is 1.10. The van der Waals surface area contributed by atoms with E-state index in [0.717, 1.165) is 16.6 Å². The van der Waals surface area contributed by atoms with Crippen molar-refractivity contribution in [3.63, 3.8) is 0 Å². The minimum absolute atomic E-state index is 0.455. The highest BCUT2D eigenvalue weighted by molar-refractivity contribution is 9.10. The molecule has 1 saturated heterocycles. The van der Waals surface area contributed by atoms with Crippen molar-refractivity contribution in [2.24, 2.45) is 5.73 Å². The molecule has 1 aliphatic rings. The predicted molar refractivity (Wildman–Crippen MR) is 89.9 cm³/mol. The summed E-state index contributed by atoms with van der Waals surface area (Å²) in [6, 6.07) is 6.88. The van der Waals surface area contributed by atoms with Crippen LogP contribution in [0, 0.1) is 0 Å². The van der Waals surface area contributed by atoms with Gasteiger partial charge in [-0.2, -0.15) is 0 Å². The zero-order valence-electron chi connectivity index (χ0n) is 11.4. The van der Waals surface area contributed by atoms with E-state index in [9.17, 15) is 0 Å². The second kappa shape index (κ2) is 6.71. The van der Waals surface area contributed by atoms with Gasteiger partial charge in [-0.15, -0.1) is 0 Å². The highest BCUT2D eigenvalue weighted by Crippen LogP contribution is 2.33. The van der Waals surface area contributed by atoms with Gasteiger partial charge in [0, 0.05) is 22.6 Å². The minimum atomic E-state index is 0.455. The topological polar surface area (TPSA) is 29.3 Å². The van der Waals surface area contributed by atoms with Crippen molar-refractivity contribution in [3.05, 3.63) is 28.2 Å². The van der Waals surface area contributed by atoms with Gasteiger partial charge in [-0.1, -0.05) is 25.6 Å². The molecule has 1 fully saturated rings. The van der Waals surface area contributed by atoms with Crippen LogP contribution in [0.1, 0.15) is 44.6 Å². The molecule has 1 aromatic carbocycles. The van der Waals surface area contributed by atoms with E-state index in [1.165, 1.54) is 37.8 Å². The zero-order chi connectivity index (χ0) is 13.8. The number of hydrogen-bond donors (Lipinski definition) is 1. The number of benzene rings is 1. The Balaban J connectivity index is 2.26. The monoisotopic (exact) mass is 340 g/mol. The Bertz CT molecular complexity index is 459. The molecule has 2 nitrogen and oxygen atoms in total. The van der Waals surface area contributed by atoms with E-state index in [1.54, 1.807) is 0 Å². The molecule has 2 N–H and O–H groups in total. The first-order valence-corrected chi connectivity index (χ1v) is 8.19. The smallest absolute Gasteiger partial charge is 0.104 e. The van der Waals surface area contributed by atoms with Gasteiger partial charge in [-0.05, 0) is 59.8 Å². The zero-order valence-corrected chi connectivity index (χ0v) is 13.8. The van der Waals surface area contributed by atoms with Crippen molar-refractivity contribution in [1.82, 2.24) is 0 Å². The Hall–Kier alpha value is -0.610. The summed E-state index contributed by atoms with van der Waals surface area (Å²) in [6.45, 7) is 3.41. The highest BCUT2D eigenvalue weighted by atomic mass is 79.9. The fourth-order valence-electron chi connectivity index (χ4n) is 2.84. The summed E-state index contributed by atoms with van der Waals surface area (Å²) in [6.07, 6.45) is 6.44. The molecule has 0 aliphatic carbocycles. The molecule has 1 heterocycles. The van der Waals surface area contributed by atoms with Crippen molar-refractivity contribution < 1.29 is 0 Å². The Morgan fingerprint density at radius 1 is 1.47 bits per heavy atom. The number of piperidine rings is 1. The summed E-state index contributed by atoms with van der Waals surface area (Å²) in [5.74, 6) is 0. The normalized spacial score (nSPS) is 19.5. The second-order valence-electron chi connectivity index (χ2n) is 5.16. The van der Waals surface area contributed by atoms with Crippen LogP contribution in [0.15, 0.2) is 22.7 Å². The number of nitrogens with zero attached hydrogens (tertiary/aromatic N) is 1. The number of thiocarbonyl (C=S) groups is 1. The number of anilines is 1. The van der Waals surface area contributed by atoms with Crippen LogP contribution >= 0.6 is 28.1 Å². The van der Waals surface area contributed by atoms with Gasteiger partial charge in [0.2, 0.25) is 0 Å². The molecular formula is C15H21BrN2S. The van der Waals surface area contributed by atoms with E-state index < -0.39 is 0 Å². The van der Waals surface area contributed by atoms with Crippen LogP contribution < -0.4 is 10.6 Å². The molecular weight excluding hydrogens is 320 g/mol. The third-order valence-electron chi connectivity index (χ3n) is 3.79. The standard InChI is InChI=1S/C15H21BrN2S/c1-2-5-12-6-3-4-9-18(12)14-8-7-11(15(17)19)10-13(14)16/h7-8,10,12H,2-6,9H2,1H3,(H2,17,19). The van der Waals surface area contributed by atoms with Crippen LogP contribution in [0.2, 0.25) is 0 Å². The summed E-state index contributed by atoms with van der Waals surface area (Å²) in [5.41, 5.74) is 7.88. The maximum atomic E-state index is 5.68. The van der Waals surface area contributed by atoms with Crippen molar-refractivity contribution in [3.8, 4) is 0 Å². The lowest BCUT2D eigenvalue weighted by Gasteiger charge is -2.38. The molecule has 0 amide bonds. The first-order chi connectivity index (χ1) is 9.13. The van der Waals surface area contributed by atoms with Crippen LogP contribution in [-0.2, 0) is 0 Å². The van der Waals surface area contributed by atoms with Crippen LogP contribution in [0.3, 0.4) is 0 Å². The summed E-state index contributed by atoms with van der Waals surface area (Å²) >= 11 is 8.70. The van der Waals surface area contributed by atoms with Gasteiger partial charge in [-0.25, -0.2) is 0 Å². The van der Waals surface area contributed by atoms with E-state index >= 15 is 0 Å². The fraction of sp³-hybridized carbons (Fsp3) is 0.533.